The van der Waals surface area contributed by atoms with Crippen LogP contribution in [0.2, 0.25) is 0 Å². The maximum Gasteiger partial charge on any atom is 0.206 e. The average Bonchev–Trinajstić information content (AvgIpc) is 2.79. The first-order valence-corrected chi connectivity index (χ1v) is 6.58. The Kier molecular flexibility index (Phi) is 3.90. The van der Waals surface area contributed by atoms with Gasteiger partial charge in [-0.2, -0.15) is 0 Å². The summed E-state index contributed by atoms with van der Waals surface area (Å²) >= 11 is 2.71. The van der Waals surface area contributed by atoms with E-state index in [0.29, 0.717) is 16.4 Å². The first kappa shape index (κ1) is 12.3. The summed E-state index contributed by atoms with van der Waals surface area (Å²) < 4.78 is 27.0. The molecule has 2 aromatic rings. The summed E-state index contributed by atoms with van der Waals surface area (Å²) in [6.07, 6.45) is 0. The van der Waals surface area contributed by atoms with Gasteiger partial charge in [0, 0.05) is 18.4 Å². The van der Waals surface area contributed by atoms with Gasteiger partial charge in [0.15, 0.2) is 16.0 Å². The van der Waals surface area contributed by atoms with Crippen LogP contribution < -0.4 is 5.32 Å². The van der Waals surface area contributed by atoms with E-state index in [1.165, 1.54) is 29.2 Å². The van der Waals surface area contributed by atoms with Crippen LogP contribution >= 0.6 is 23.1 Å². The van der Waals surface area contributed by atoms with Crippen LogP contribution in [0.3, 0.4) is 0 Å². The number of rotatable bonds is 4. The Morgan fingerprint density at radius 3 is 2.88 bits per heavy atom. The van der Waals surface area contributed by atoms with Gasteiger partial charge < -0.3 is 5.32 Å². The Morgan fingerprint density at radius 1 is 1.35 bits per heavy atom. The van der Waals surface area contributed by atoms with Gasteiger partial charge in [-0.15, -0.1) is 10.2 Å². The van der Waals surface area contributed by atoms with E-state index in [1.54, 1.807) is 13.1 Å². The largest absolute Gasteiger partial charge is 0.363 e. The lowest BCUT2D eigenvalue weighted by atomic mass is 10.2. The van der Waals surface area contributed by atoms with Crippen molar-refractivity contribution in [1.82, 2.24) is 10.2 Å². The highest BCUT2D eigenvalue weighted by molar-refractivity contribution is 8.00. The first-order valence-electron chi connectivity index (χ1n) is 4.77. The van der Waals surface area contributed by atoms with Crippen LogP contribution in [0.5, 0.6) is 0 Å². The molecular weight excluding hydrogens is 264 g/mol. The van der Waals surface area contributed by atoms with Gasteiger partial charge in [-0.25, -0.2) is 8.78 Å². The van der Waals surface area contributed by atoms with Gasteiger partial charge in [-0.1, -0.05) is 35.2 Å². The standard InChI is InChI=1S/C10H9F2N3S2/c1-13-9-14-15-10(17-9)16-5-6-3-2-4-7(11)8(6)12/h2-4H,5H2,1H3,(H,13,14). The molecule has 0 unspecified atom stereocenters. The van der Waals surface area contributed by atoms with Crippen molar-refractivity contribution in [2.24, 2.45) is 0 Å². The predicted octanol–water partition coefficient (Wildman–Crippen LogP) is 3.15. The molecule has 0 spiro atoms. The molecule has 3 nitrogen and oxygen atoms in total. The number of hydrogen-bond acceptors (Lipinski definition) is 5. The van der Waals surface area contributed by atoms with Crippen LogP contribution in [0.15, 0.2) is 22.5 Å². The molecule has 2 rings (SSSR count). The molecule has 0 aliphatic rings. The van der Waals surface area contributed by atoms with E-state index in [-0.39, 0.29) is 0 Å². The van der Waals surface area contributed by atoms with E-state index in [2.05, 4.69) is 15.5 Å². The summed E-state index contributed by atoms with van der Waals surface area (Å²) in [6, 6.07) is 4.16. The van der Waals surface area contributed by atoms with E-state index in [4.69, 9.17) is 0 Å². The highest BCUT2D eigenvalue weighted by atomic mass is 32.2. The molecular formula is C10H9F2N3S2. The fraction of sp³-hybridized carbons (Fsp3) is 0.200. The summed E-state index contributed by atoms with van der Waals surface area (Å²) in [5.74, 6) is -1.28. The predicted molar refractivity (Wildman–Crippen MR) is 65.4 cm³/mol. The first-order chi connectivity index (χ1) is 8.20. The second-order valence-corrected chi connectivity index (χ2v) is 5.32. The molecule has 0 aliphatic heterocycles. The lowest BCUT2D eigenvalue weighted by molar-refractivity contribution is 0.502. The van der Waals surface area contributed by atoms with Gasteiger partial charge >= 0.3 is 0 Å². The van der Waals surface area contributed by atoms with Gasteiger partial charge in [-0.05, 0) is 6.07 Å². The summed E-state index contributed by atoms with van der Waals surface area (Å²) in [5.41, 5.74) is 0.330. The number of hydrogen-bond donors (Lipinski definition) is 1. The lowest BCUT2D eigenvalue weighted by Gasteiger charge is -2.01. The number of thioether (sulfide) groups is 1. The minimum atomic E-state index is -0.823. The Balaban J connectivity index is 2.04. The second-order valence-electron chi connectivity index (χ2n) is 3.12. The van der Waals surface area contributed by atoms with E-state index in [0.717, 1.165) is 10.4 Å². The van der Waals surface area contributed by atoms with Crippen molar-refractivity contribution in [3.8, 4) is 0 Å². The monoisotopic (exact) mass is 273 g/mol. The van der Waals surface area contributed by atoms with Crippen LogP contribution in [0, 0.1) is 11.6 Å². The highest BCUT2D eigenvalue weighted by Gasteiger charge is 2.09. The molecule has 17 heavy (non-hydrogen) atoms. The molecule has 0 atom stereocenters. The van der Waals surface area contributed by atoms with Gasteiger partial charge in [0.1, 0.15) is 0 Å². The summed E-state index contributed by atoms with van der Waals surface area (Å²) in [5, 5.41) is 11.3. The number of anilines is 1. The van der Waals surface area contributed by atoms with Crippen molar-refractivity contribution >= 4 is 28.2 Å². The van der Waals surface area contributed by atoms with Crippen molar-refractivity contribution in [3.63, 3.8) is 0 Å². The number of aromatic nitrogens is 2. The molecule has 0 aliphatic carbocycles. The van der Waals surface area contributed by atoms with E-state index in [9.17, 15) is 8.78 Å². The molecule has 0 fully saturated rings. The smallest absolute Gasteiger partial charge is 0.206 e. The molecule has 1 aromatic heterocycles. The molecule has 1 aromatic carbocycles. The molecule has 7 heteroatoms. The maximum absolute atomic E-state index is 13.3. The Bertz CT molecular complexity index is 516. The SMILES string of the molecule is CNc1nnc(SCc2cccc(F)c2F)s1. The zero-order valence-corrected chi connectivity index (χ0v) is 10.5. The molecule has 90 valence electrons. The van der Waals surface area contributed by atoms with Crippen molar-refractivity contribution in [3.05, 3.63) is 35.4 Å². The summed E-state index contributed by atoms with van der Waals surface area (Å²) in [4.78, 5) is 0. The van der Waals surface area contributed by atoms with Crippen LogP contribution in [-0.4, -0.2) is 17.2 Å². The van der Waals surface area contributed by atoms with Crippen molar-refractivity contribution in [2.45, 2.75) is 10.1 Å². The Labute approximate surface area is 105 Å². The minimum absolute atomic E-state index is 0.330. The van der Waals surface area contributed by atoms with Crippen LogP contribution in [0.1, 0.15) is 5.56 Å². The fourth-order valence-electron chi connectivity index (χ4n) is 1.17. The van der Waals surface area contributed by atoms with Crippen LogP contribution in [-0.2, 0) is 5.75 Å². The molecule has 0 saturated carbocycles. The minimum Gasteiger partial charge on any atom is -0.363 e. The third-order valence-electron chi connectivity index (χ3n) is 2.00. The molecule has 0 bridgehead atoms. The number of halogens is 2. The third-order valence-corrected chi connectivity index (χ3v) is 4.13. The number of benzene rings is 1. The zero-order valence-electron chi connectivity index (χ0n) is 8.91. The molecule has 0 saturated heterocycles. The zero-order chi connectivity index (χ0) is 12.3. The van der Waals surface area contributed by atoms with Gasteiger partial charge in [0.25, 0.3) is 0 Å². The van der Waals surface area contributed by atoms with E-state index < -0.39 is 11.6 Å². The van der Waals surface area contributed by atoms with Gasteiger partial charge in [-0.3, -0.25) is 0 Å². The van der Waals surface area contributed by atoms with E-state index in [1.807, 2.05) is 0 Å². The topological polar surface area (TPSA) is 37.8 Å². The highest BCUT2D eigenvalue weighted by Crippen LogP contribution is 2.29. The molecule has 1 N–H and O–H groups in total. The maximum atomic E-state index is 13.3. The van der Waals surface area contributed by atoms with E-state index >= 15 is 0 Å². The molecule has 0 amide bonds. The van der Waals surface area contributed by atoms with Gasteiger partial charge in [0.2, 0.25) is 5.13 Å². The van der Waals surface area contributed by atoms with Crippen LogP contribution in [0.4, 0.5) is 13.9 Å². The van der Waals surface area contributed by atoms with Crippen molar-refractivity contribution in [2.75, 3.05) is 12.4 Å². The Hall–Kier alpha value is -1.21. The van der Waals surface area contributed by atoms with Gasteiger partial charge in [0.05, 0.1) is 0 Å². The van der Waals surface area contributed by atoms with Crippen LogP contribution in [0.25, 0.3) is 0 Å². The lowest BCUT2D eigenvalue weighted by Crippen LogP contribution is -1.91. The average molecular weight is 273 g/mol. The number of nitrogens with one attached hydrogen (secondary N) is 1. The Morgan fingerprint density at radius 2 is 2.18 bits per heavy atom. The summed E-state index contributed by atoms with van der Waals surface area (Å²) in [7, 11) is 1.75. The summed E-state index contributed by atoms with van der Waals surface area (Å²) in [6.45, 7) is 0. The second kappa shape index (κ2) is 5.42. The fourth-order valence-corrected chi connectivity index (χ4v) is 2.85. The quantitative estimate of drug-likeness (QED) is 0.868. The van der Waals surface area contributed by atoms with Crippen molar-refractivity contribution < 1.29 is 8.78 Å². The van der Waals surface area contributed by atoms with Crippen molar-refractivity contribution in [1.29, 1.82) is 0 Å². The third kappa shape index (κ3) is 2.92. The normalized spacial score (nSPS) is 10.5. The molecule has 0 radical (unpaired) electrons. The number of nitrogens with zero attached hydrogens (tertiary/aromatic N) is 2. The molecule has 1 heterocycles.